The molecule has 0 saturated carbocycles. The molecule has 94 valence electrons. The Morgan fingerprint density at radius 2 is 1.89 bits per heavy atom. The molecule has 0 unspecified atom stereocenters. The highest BCUT2D eigenvalue weighted by Crippen LogP contribution is 2.34. The van der Waals surface area contributed by atoms with Gasteiger partial charge in [-0.3, -0.25) is 0 Å². The predicted molar refractivity (Wildman–Crippen MR) is 69.3 cm³/mol. The summed E-state index contributed by atoms with van der Waals surface area (Å²) < 4.78 is 5.66. The van der Waals surface area contributed by atoms with Gasteiger partial charge in [0.05, 0.1) is 18.8 Å². The molecule has 1 aliphatic heterocycles. The lowest BCUT2D eigenvalue weighted by molar-refractivity contribution is -0.0225. The van der Waals surface area contributed by atoms with Crippen molar-refractivity contribution in [1.82, 2.24) is 0 Å². The standard InChI is InChI=1S/C15H16O3/c16-9-15-13(17)8-14(18-15)12-6-5-10-3-1-2-4-11(10)7-12/h1-7,13-17H,8-9H2/t13-,14+,15+/m0/s1. The van der Waals surface area contributed by atoms with E-state index in [9.17, 15) is 5.11 Å². The van der Waals surface area contributed by atoms with Gasteiger partial charge in [-0.25, -0.2) is 0 Å². The lowest BCUT2D eigenvalue weighted by atomic mass is 10.0. The second kappa shape index (κ2) is 4.69. The number of hydrogen-bond donors (Lipinski definition) is 2. The Bertz CT molecular complexity index is 552. The molecule has 0 radical (unpaired) electrons. The van der Waals surface area contributed by atoms with E-state index in [0.29, 0.717) is 6.42 Å². The van der Waals surface area contributed by atoms with E-state index < -0.39 is 12.2 Å². The van der Waals surface area contributed by atoms with Crippen molar-refractivity contribution in [2.24, 2.45) is 0 Å². The summed E-state index contributed by atoms with van der Waals surface area (Å²) in [7, 11) is 0. The van der Waals surface area contributed by atoms with E-state index in [0.717, 1.165) is 5.56 Å². The third kappa shape index (κ3) is 2.01. The van der Waals surface area contributed by atoms with Crippen LogP contribution in [0.2, 0.25) is 0 Å². The van der Waals surface area contributed by atoms with E-state index in [4.69, 9.17) is 9.84 Å². The molecule has 0 aliphatic carbocycles. The van der Waals surface area contributed by atoms with Crippen LogP contribution in [0.15, 0.2) is 42.5 Å². The minimum atomic E-state index is -0.577. The van der Waals surface area contributed by atoms with Gasteiger partial charge >= 0.3 is 0 Å². The van der Waals surface area contributed by atoms with E-state index in [1.165, 1.54) is 10.8 Å². The van der Waals surface area contributed by atoms with Crippen LogP contribution < -0.4 is 0 Å². The van der Waals surface area contributed by atoms with E-state index in [1.54, 1.807) is 0 Å². The molecule has 3 rings (SSSR count). The fourth-order valence-corrected chi connectivity index (χ4v) is 2.52. The molecule has 1 saturated heterocycles. The number of aliphatic hydroxyl groups excluding tert-OH is 2. The number of benzene rings is 2. The first-order valence-corrected chi connectivity index (χ1v) is 6.21. The fourth-order valence-electron chi connectivity index (χ4n) is 2.52. The number of fused-ring (bicyclic) bond motifs is 1. The first-order valence-electron chi connectivity index (χ1n) is 6.21. The Morgan fingerprint density at radius 1 is 1.11 bits per heavy atom. The Kier molecular flexibility index (Phi) is 3.04. The number of hydrogen-bond acceptors (Lipinski definition) is 3. The van der Waals surface area contributed by atoms with Crippen molar-refractivity contribution >= 4 is 10.8 Å². The van der Waals surface area contributed by atoms with Crippen molar-refractivity contribution < 1.29 is 14.9 Å². The third-order valence-electron chi connectivity index (χ3n) is 3.55. The smallest absolute Gasteiger partial charge is 0.107 e. The summed E-state index contributed by atoms with van der Waals surface area (Å²) in [6.07, 6.45) is -0.612. The molecule has 1 fully saturated rings. The largest absolute Gasteiger partial charge is 0.394 e. The van der Waals surface area contributed by atoms with Gasteiger partial charge in [0.2, 0.25) is 0 Å². The Balaban J connectivity index is 1.91. The first-order chi connectivity index (χ1) is 8.78. The first kappa shape index (κ1) is 11.7. The predicted octanol–water partition coefficient (Wildman–Crippen LogP) is 2.02. The van der Waals surface area contributed by atoms with Crippen LogP contribution in [0.3, 0.4) is 0 Å². The summed E-state index contributed by atoms with van der Waals surface area (Å²) in [6.45, 7) is -0.134. The second-order valence-corrected chi connectivity index (χ2v) is 4.76. The van der Waals surface area contributed by atoms with Crippen LogP contribution in [0, 0.1) is 0 Å². The van der Waals surface area contributed by atoms with Gasteiger partial charge in [-0.1, -0.05) is 36.4 Å². The molecule has 3 heteroatoms. The second-order valence-electron chi connectivity index (χ2n) is 4.76. The van der Waals surface area contributed by atoms with E-state index in [1.807, 2.05) is 18.2 Å². The van der Waals surface area contributed by atoms with Crippen molar-refractivity contribution in [2.75, 3.05) is 6.61 Å². The molecule has 3 atom stereocenters. The van der Waals surface area contributed by atoms with Crippen LogP contribution in [0.25, 0.3) is 10.8 Å². The molecule has 1 aliphatic rings. The van der Waals surface area contributed by atoms with Crippen LogP contribution in [0.4, 0.5) is 0 Å². The van der Waals surface area contributed by atoms with Crippen molar-refractivity contribution in [1.29, 1.82) is 0 Å². The zero-order valence-electron chi connectivity index (χ0n) is 9.99. The fraction of sp³-hybridized carbons (Fsp3) is 0.333. The monoisotopic (exact) mass is 244 g/mol. The molecule has 3 nitrogen and oxygen atoms in total. The summed E-state index contributed by atoms with van der Waals surface area (Å²) in [5.41, 5.74) is 1.06. The van der Waals surface area contributed by atoms with Crippen LogP contribution in [0.5, 0.6) is 0 Å². The third-order valence-corrected chi connectivity index (χ3v) is 3.55. The minimum absolute atomic E-state index is 0.123. The zero-order valence-corrected chi connectivity index (χ0v) is 9.99. The molecule has 18 heavy (non-hydrogen) atoms. The lowest BCUT2D eigenvalue weighted by Gasteiger charge is -2.13. The highest BCUT2D eigenvalue weighted by atomic mass is 16.5. The maximum atomic E-state index is 9.75. The highest BCUT2D eigenvalue weighted by molar-refractivity contribution is 5.83. The van der Waals surface area contributed by atoms with Crippen LogP contribution >= 0.6 is 0 Å². The SMILES string of the molecule is OC[C@H]1O[C@@H](c2ccc3ccccc3c2)C[C@@H]1O. The van der Waals surface area contributed by atoms with Gasteiger partial charge in [0.15, 0.2) is 0 Å². The Labute approximate surface area is 106 Å². The van der Waals surface area contributed by atoms with Gasteiger partial charge < -0.3 is 14.9 Å². The van der Waals surface area contributed by atoms with Crippen molar-refractivity contribution in [2.45, 2.75) is 24.7 Å². The number of ether oxygens (including phenoxy) is 1. The Morgan fingerprint density at radius 3 is 2.61 bits per heavy atom. The quantitative estimate of drug-likeness (QED) is 0.849. The number of rotatable bonds is 2. The van der Waals surface area contributed by atoms with Crippen LogP contribution in [0.1, 0.15) is 18.1 Å². The van der Waals surface area contributed by atoms with Crippen LogP contribution in [-0.4, -0.2) is 29.0 Å². The summed E-state index contributed by atoms with van der Waals surface area (Å²) in [6, 6.07) is 14.3. The summed E-state index contributed by atoms with van der Waals surface area (Å²) >= 11 is 0. The molecule has 2 N–H and O–H groups in total. The number of aliphatic hydroxyl groups is 2. The topological polar surface area (TPSA) is 49.7 Å². The average molecular weight is 244 g/mol. The molecule has 1 heterocycles. The summed E-state index contributed by atoms with van der Waals surface area (Å²) in [5.74, 6) is 0. The molecular weight excluding hydrogens is 228 g/mol. The van der Waals surface area contributed by atoms with Crippen LogP contribution in [-0.2, 0) is 4.74 Å². The van der Waals surface area contributed by atoms with Gasteiger partial charge in [-0.05, 0) is 22.4 Å². The van der Waals surface area contributed by atoms with Gasteiger partial charge in [-0.15, -0.1) is 0 Å². The van der Waals surface area contributed by atoms with Crippen molar-refractivity contribution in [3.05, 3.63) is 48.0 Å². The van der Waals surface area contributed by atoms with Gasteiger partial charge in [-0.2, -0.15) is 0 Å². The summed E-state index contributed by atoms with van der Waals surface area (Å²) in [5, 5.41) is 21.2. The van der Waals surface area contributed by atoms with E-state index in [-0.39, 0.29) is 12.7 Å². The lowest BCUT2D eigenvalue weighted by Crippen LogP contribution is -2.24. The molecule has 0 aromatic heterocycles. The average Bonchev–Trinajstić information content (AvgIpc) is 2.79. The van der Waals surface area contributed by atoms with Gasteiger partial charge in [0.25, 0.3) is 0 Å². The van der Waals surface area contributed by atoms with Gasteiger partial charge in [0.1, 0.15) is 6.10 Å². The molecule has 0 spiro atoms. The normalized spacial score (nSPS) is 27.8. The molecule has 2 aromatic carbocycles. The summed E-state index contributed by atoms with van der Waals surface area (Å²) in [4.78, 5) is 0. The maximum Gasteiger partial charge on any atom is 0.107 e. The van der Waals surface area contributed by atoms with E-state index >= 15 is 0 Å². The molecule has 0 bridgehead atoms. The molecular formula is C15H16O3. The molecule has 0 amide bonds. The zero-order chi connectivity index (χ0) is 12.5. The molecule has 2 aromatic rings. The Hall–Kier alpha value is -1.42. The highest BCUT2D eigenvalue weighted by Gasteiger charge is 2.34. The van der Waals surface area contributed by atoms with Gasteiger partial charge in [0, 0.05) is 6.42 Å². The van der Waals surface area contributed by atoms with Crippen molar-refractivity contribution in [3.8, 4) is 0 Å². The van der Waals surface area contributed by atoms with Crippen molar-refractivity contribution in [3.63, 3.8) is 0 Å². The van der Waals surface area contributed by atoms with E-state index in [2.05, 4.69) is 24.3 Å². The maximum absolute atomic E-state index is 9.75. The minimum Gasteiger partial charge on any atom is -0.394 e.